The zero-order valence-corrected chi connectivity index (χ0v) is 12.0. The van der Waals surface area contributed by atoms with Gasteiger partial charge in [-0.05, 0) is 25.2 Å². The molecule has 1 aromatic rings. The minimum atomic E-state index is -0.727. The fraction of sp³-hybridized carbons (Fsp3) is 0.571. The summed E-state index contributed by atoms with van der Waals surface area (Å²) in [6.45, 7) is 3.38. The van der Waals surface area contributed by atoms with Crippen molar-refractivity contribution >= 4 is 5.91 Å². The molecule has 1 fully saturated rings. The van der Waals surface area contributed by atoms with Crippen LogP contribution in [0, 0.1) is 17.2 Å². The maximum atomic E-state index is 12.3. The minimum absolute atomic E-state index is 0.154. The monoisotopic (exact) mass is 290 g/mol. The number of nitriles is 1. The van der Waals surface area contributed by atoms with E-state index in [2.05, 4.69) is 6.92 Å². The number of hydrogen-bond donors (Lipinski definition) is 1. The molecule has 0 radical (unpaired) electrons. The Morgan fingerprint density at radius 3 is 2.90 bits per heavy atom. The normalized spacial score (nSPS) is 18.9. The van der Waals surface area contributed by atoms with Crippen LogP contribution in [-0.4, -0.2) is 33.4 Å². The molecule has 7 nitrogen and oxygen atoms in total. The summed E-state index contributed by atoms with van der Waals surface area (Å²) >= 11 is 0. The molecule has 1 atom stereocenters. The zero-order valence-electron chi connectivity index (χ0n) is 12.0. The highest BCUT2D eigenvalue weighted by molar-refractivity contribution is 5.76. The highest BCUT2D eigenvalue weighted by Gasteiger charge is 2.19. The van der Waals surface area contributed by atoms with Gasteiger partial charge in [-0.3, -0.25) is 19.1 Å². The van der Waals surface area contributed by atoms with Gasteiger partial charge in [-0.1, -0.05) is 6.92 Å². The molecule has 0 spiro atoms. The van der Waals surface area contributed by atoms with Crippen LogP contribution in [0.1, 0.15) is 31.7 Å². The van der Waals surface area contributed by atoms with Crippen molar-refractivity contribution in [2.24, 2.45) is 5.92 Å². The topological polar surface area (TPSA) is 99.0 Å². The quantitative estimate of drug-likeness (QED) is 0.832. The van der Waals surface area contributed by atoms with E-state index in [1.54, 1.807) is 11.0 Å². The summed E-state index contributed by atoms with van der Waals surface area (Å²) < 4.78 is 1.08. The van der Waals surface area contributed by atoms with Gasteiger partial charge in [0.05, 0.1) is 0 Å². The van der Waals surface area contributed by atoms with E-state index in [1.807, 2.05) is 4.98 Å². The molecule has 1 aliphatic heterocycles. The fourth-order valence-electron chi connectivity index (χ4n) is 2.46. The average Bonchev–Trinajstić information content (AvgIpc) is 2.66. The van der Waals surface area contributed by atoms with Crippen molar-refractivity contribution < 1.29 is 4.79 Å². The number of amides is 1. The molecular formula is C14H18N4O3. The maximum absolute atomic E-state index is 12.3. The van der Waals surface area contributed by atoms with Crippen molar-refractivity contribution in [3.8, 4) is 6.07 Å². The number of nitrogens with zero attached hydrogens (tertiary/aromatic N) is 3. The van der Waals surface area contributed by atoms with Crippen molar-refractivity contribution in [3.63, 3.8) is 0 Å². The van der Waals surface area contributed by atoms with Gasteiger partial charge in [-0.25, -0.2) is 4.79 Å². The van der Waals surface area contributed by atoms with Crippen molar-refractivity contribution in [2.45, 2.75) is 32.7 Å². The predicted molar refractivity (Wildman–Crippen MR) is 75.6 cm³/mol. The molecule has 0 aromatic carbocycles. The van der Waals surface area contributed by atoms with E-state index >= 15 is 0 Å². The number of aromatic nitrogens is 2. The molecule has 1 N–H and O–H groups in total. The highest BCUT2D eigenvalue weighted by Crippen LogP contribution is 2.16. The van der Waals surface area contributed by atoms with E-state index in [0.29, 0.717) is 19.0 Å². The number of carbonyl (C=O) groups excluding carboxylic acids is 1. The molecule has 2 rings (SSSR count). The number of hydrogen-bond acceptors (Lipinski definition) is 4. The lowest BCUT2D eigenvalue weighted by molar-refractivity contribution is -0.131. The Kier molecular flexibility index (Phi) is 4.58. The first-order chi connectivity index (χ1) is 10.0. The van der Waals surface area contributed by atoms with Gasteiger partial charge in [0, 0.05) is 19.3 Å². The lowest BCUT2D eigenvalue weighted by atomic mass is 10.0. The number of H-pyrrole nitrogens is 1. The van der Waals surface area contributed by atoms with Crippen LogP contribution in [0.2, 0.25) is 0 Å². The van der Waals surface area contributed by atoms with E-state index < -0.39 is 11.2 Å². The molecule has 112 valence electrons. The summed E-state index contributed by atoms with van der Waals surface area (Å²) in [5.74, 6) is 0.436. The summed E-state index contributed by atoms with van der Waals surface area (Å²) in [5.41, 5.74) is -1.57. The third-order valence-corrected chi connectivity index (χ3v) is 3.81. The van der Waals surface area contributed by atoms with Crippen molar-refractivity contribution in [1.29, 1.82) is 5.26 Å². The smallest absolute Gasteiger partial charge is 0.328 e. The van der Waals surface area contributed by atoms with Crippen molar-refractivity contribution in [1.82, 2.24) is 14.5 Å². The maximum Gasteiger partial charge on any atom is 0.328 e. The SMILES string of the molecule is CC1CCCN(C(=O)Cn2cc(C#N)c(=O)[nH]c2=O)CC1. The summed E-state index contributed by atoms with van der Waals surface area (Å²) in [6.07, 6.45) is 4.15. The first kappa shape index (κ1) is 15.0. The zero-order chi connectivity index (χ0) is 15.4. The van der Waals surface area contributed by atoms with Gasteiger partial charge in [-0.15, -0.1) is 0 Å². The second-order valence-electron chi connectivity index (χ2n) is 5.46. The predicted octanol–water partition coefficient (Wildman–Crippen LogP) is 0.0569. The summed E-state index contributed by atoms with van der Waals surface area (Å²) in [5, 5.41) is 8.80. The third kappa shape index (κ3) is 3.60. The first-order valence-electron chi connectivity index (χ1n) is 7.03. The first-order valence-corrected chi connectivity index (χ1v) is 7.03. The van der Waals surface area contributed by atoms with Gasteiger partial charge in [0.1, 0.15) is 18.2 Å². The van der Waals surface area contributed by atoms with Gasteiger partial charge in [0.15, 0.2) is 0 Å². The molecule has 1 aromatic heterocycles. The van der Waals surface area contributed by atoms with E-state index in [4.69, 9.17) is 5.26 Å². The largest absolute Gasteiger partial charge is 0.341 e. The lowest BCUT2D eigenvalue weighted by Crippen LogP contribution is -2.39. The Morgan fingerprint density at radius 1 is 1.43 bits per heavy atom. The molecule has 1 saturated heterocycles. The summed E-state index contributed by atoms with van der Waals surface area (Å²) in [6, 6.07) is 1.70. The van der Waals surface area contributed by atoms with Gasteiger partial charge >= 0.3 is 5.69 Å². The Hall–Kier alpha value is -2.36. The van der Waals surface area contributed by atoms with E-state index in [1.165, 1.54) is 0 Å². The van der Waals surface area contributed by atoms with Gasteiger partial charge < -0.3 is 4.90 Å². The van der Waals surface area contributed by atoms with E-state index in [0.717, 1.165) is 30.0 Å². The molecule has 1 aliphatic rings. The van der Waals surface area contributed by atoms with Crippen LogP contribution in [0.5, 0.6) is 0 Å². The second-order valence-corrected chi connectivity index (χ2v) is 5.46. The van der Waals surface area contributed by atoms with Crippen LogP contribution in [0.4, 0.5) is 0 Å². The van der Waals surface area contributed by atoms with E-state index in [9.17, 15) is 14.4 Å². The average molecular weight is 290 g/mol. The molecule has 0 saturated carbocycles. The van der Waals surface area contributed by atoms with Crippen LogP contribution in [0.15, 0.2) is 15.8 Å². The highest BCUT2D eigenvalue weighted by atomic mass is 16.2. The standard InChI is InChI=1S/C14H18N4O3/c1-10-3-2-5-17(6-4-10)12(19)9-18-8-11(7-15)13(20)16-14(18)21/h8,10H,2-6,9H2,1H3,(H,16,20,21). The Balaban J connectivity index is 2.14. The third-order valence-electron chi connectivity index (χ3n) is 3.81. The van der Waals surface area contributed by atoms with Crippen LogP contribution in [0.25, 0.3) is 0 Å². The fourth-order valence-corrected chi connectivity index (χ4v) is 2.46. The van der Waals surface area contributed by atoms with Crippen LogP contribution in [0.3, 0.4) is 0 Å². The van der Waals surface area contributed by atoms with Gasteiger partial charge in [0.25, 0.3) is 5.56 Å². The number of rotatable bonds is 2. The molecule has 1 amide bonds. The van der Waals surface area contributed by atoms with Crippen LogP contribution >= 0.6 is 0 Å². The molecule has 21 heavy (non-hydrogen) atoms. The van der Waals surface area contributed by atoms with Gasteiger partial charge in [0.2, 0.25) is 5.91 Å². The molecule has 7 heteroatoms. The lowest BCUT2D eigenvalue weighted by Gasteiger charge is -2.20. The minimum Gasteiger partial charge on any atom is -0.341 e. The van der Waals surface area contributed by atoms with Crippen LogP contribution < -0.4 is 11.2 Å². The number of nitrogens with one attached hydrogen (secondary N) is 1. The number of carbonyl (C=O) groups is 1. The molecular weight excluding hydrogens is 272 g/mol. The van der Waals surface area contributed by atoms with Crippen LogP contribution in [-0.2, 0) is 11.3 Å². The molecule has 0 bridgehead atoms. The molecule has 2 heterocycles. The van der Waals surface area contributed by atoms with Crippen molar-refractivity contribution in [3.05, 3.63) is 32.6 Å². The second kappa shape index (κ2) is 6.39. The van der Waals surface area contributed by atoms with E-state index in [-0.39, 0.29) is 18.0 Å². The van der Waals surface area contributed by atoms with Gasteiger partial charge in [-0.2, -0.15) is 5.26 Å². The Labute approximate surface area is 121 Å². The Bertz CT molecular complexity index is 683. The number of aromatic amines is 1. The number of likely N-dealkylation sites (tertiary alicyclic amines) is 1. The molecule has 1 unspecified atom stereocenters. The summed E-state index contributed by atoms with van der Waals surface area (Å²) in [7, 11) is 0. The Morgan fingerprint density at radius 2 is 2.19 bits per heavy atom. The summed E-state index contributed by atoms with van der Waals surface area (Å²) in [4.78, 5) is 39.0. The van der Waals surface area contributed by atoms with Crippen molar-refractivity contribution in [2.75, 3.05) is 13.1 Å². The molecule has 0 aliphatic carbocycles.